The first kappa shape index (κ1) is 68.5. The molecule has 0 amide bonds. The van der Waals surface area contributed by atoms with Crippen LogP contribution in [0.1, 0.15) is 328 Å². The maximum atomic E-state index is 12.7. The number of unbranched alkanes of at least 4 members (excludes halogenated alkanes) is 46. The Morgan fingerprint density at radius 2 is 0.652 bits per heavy atom. The van der Waals surface area contributed by atoms with Crippen molar-refractivity contribution in [1.82, 2.24) is 0 Å². The smallest absolute Gasteiger partial charge is 0.457 e. The van der Waals surface area contributed by atoms with E-state index in [1.807, 2.05) is 0 Å². The molecule has 0 saturated heterocycles. The van der Waals surface area contributed by atoms with Crippen molar-refractivity contribution in [2.45, 2.75) is 341 Å². The molecule has 1 unspecified atom stereocenters. The summed E-state index contributed by atoms with van der Waals surface area (Å²) in [6.07, 6.45) is 62.5. The van der Waals surface area contributed by atoms with E-state index in [4.69, 9.17) is 23.6 Å². The van der Waals surface area contributed by atoms with Crippen LogP contribution in [0.4, 0.5) is 0 Å². The van der Waals surface area contributed by atoms with Gasteiger partial charge >= 0.3 is 13.8 Å². The SMILES string of the molecule is CCCCCCCCCCCCCCCCCCCCCCCCCCCCCCCCC(=O)O[C@H](COCCCCCCCCCCCCCCCCCCCC)COP(=O)(O)OC[C@@H](O)CO. The van der Waals surface area contributed by atoms with Crippen LogP contribution < -0.4 is 0 Å². The van der Waals surface area contributed by atoms with Crippen LogP contribution in [0.15, 0.2) is 0 Å². The number of carbonyl (C=O) groups excluding carboxylic acids is 1. The van der Waals surface area contributed by atoms with Gasteiger partial charge in [-0.1, -0.05) is 309 Å². The monoisotopic (exact) mass is 1000 g/mol. The Bertz CT molecular complexity index is 1050. The molecule has 3 atom stereocenters. The number of hydrogen-bond acceptors (Lipinski definition) is 8. The fourth-order valence-electron chi connectivity index (χ4n) is 9.42. The molecule has 3 N–H and O–H groups in total. The third-order valence-corrected chi connectivity index (χ3v) is 15.0. The normalized spacial score (nSPS) is 13.5. The van der Waals surface area contributed by atoms with E-state index in [0.717, 1.165) is 32.1 Å². The fraction of sp³-hybridized carbons (Fsp3) is 0.983. The van der Waals surface area contributed by atoms with Crippen LogP contribution in [-0.2, 0) is 27.9 Å². The molecule has 0 aliphatic rings. The summed E-state index contributed by atoms with van der Waals surface area (Å²) in [6, 6.07) is 0. The van der Waals surface area contributed by atoms with Gasteiger partial charge in [0.2, 0.25) is 0 Å². The van der Waals surface area contributed by atoms with Crippen LogP contribution in [0, 0.1) is 0 Å². The Morgan fingerprint density at radius 3 is 0.942 bits per heavy atom. The molecule has 0 spiro atoms. The first-order valence-corrected chi connectivity index (χ1v) is 32.0. The van der Waals surface area contributed by atoms with E-state index in [1.165, 1.54) is 276 Å². The molecule has 0 aromatic rings. The largest absolute Gasteiger partial charge is 0.472 e. The lowest BCUT2D eigenvalue weighted by Crippen LogP contribution is -2.29. The van der Waals surface area contributed by atoms with Gasteiger partial charge in [0.25, 0.3) is 0 Å². The van der Waals surface area contributed by atoms with Crippen LogP contribution in [0.25, 0.3) is 0 Å². The Kier molecular flexibility index (Phi) is 56.3. The van der Waals surface area contributed by atoms with E-state index < -0.39 is 33.2 Å². The van der Waals surface area contributed by atoms with Gasteiger partial charge in [0, 0.05) is 13.0 Å². The van der Waals surface area contributed by atoms with Crippen molar-refractivity contribution >= 4 is 13.8 Å². The Balaban J connectivity index is 3.86. The van der Waals surface area contributed by atoms with E-state index in [0.29, 0.717) is 6.61 Å². The van der Waals surface area contributed by atoms with Crippen LogP contribution in [-0.4, -0.2) is 66.3 Å². The first-order chi connectivity index (χ1) is 33.8. The Morgan fingerprint density at radius 1 is 0.391 bits per heavy atom. The number of carbonyl (C=O) groups is 1. The average molecular weight is 1000 g/mol. The van der Waals surface area contributed by atoms with Gasteiger partial charge in [0.05, 0.1) is 26.4 Å². The third-order valence-electron chi connectivity index (χ3n) is 14.0. The number of hydrogen-bond donors (Lipinski definition) is 3. The second-order valence-electron chi connectivity index (χ2n) is 21.1. The molecule has 0 aromatic carbocycles. The number of esters is 1. The minimum absolute atomic E-state index is 0.0591. The minimum atomic E-state index is -4.52. The molecule has 0 rings (SSSR count). The molecule has 69 heavy (non-hydrogen) atoms. The number of aliphatic hydroxyl groups is 2. The molecule has 0 aliphatic heterocycles. The van der Waals surface area contributed by atoms with Crippen molar-refractivity contribution in [3.05, 3.63) is 0 Å². The van der Waals surface area contributed by atoms with Gasteiger partial charge in [-0.25, -0.2) is 4.57 Å². The Labute approximate surface area is 428 Å². The third kappa shape index (κ3) is 56.6. The number of aliphatic hydroxyl groups excluding tert-OH is 2. The van der Waals surface area contributed by atoms with Gasteiger partial charge < -0.3 is 24.6 Å². The van der Waals surface area contributed by atoms with Gasteiger partial charge in [-0.05, 0) is 12.8 Å². The van der Waals surface area contributed by atoms with Gasteiger partial charge in [0.15, 0.2) is 0 Å². The zero-order valence-corrected chi connectivity index (χ0v) is 47.0. The van der Waals surface area contributed by atoms with E-state index in [9.17, 15) is 19.4 Å². The van der Waals surface area contributed by atoms with Crippen LogP contribution >= 0.6 is 7.82 Å². The van der Waals surface area contributed by atoms with Crippen molar-refractivity contribution in [2.24, 2.45) is 0 Å². The summed E-state index contributed by atoms with van der Waals surface area (Å²) in [5, 5.41) is 18.5. The summed E-state index contributed by atoms with van der Waals surface area (Å²) in [5.74, 6) is -0.370. The van der Waals surface area contributed by atoms with Gasteiger partial charge in [-0.2, -0.15) is 0 Å². The zero-order valence-electron chi connectivity index (χ0n) is 46.1. The maximum Gasteiger partial charge on any atom is 0.472 e. The van der Waals surface area contributed by atoms with Gasteiger partial charge in [-0.15, -0.1) is 0 Å². The molecule has 0 aromatic heterocycles. The Hall–Kier alpha value is -0.540. The molecular formula is C59H119O9P. The summed E-state index contributed by atoms with van der Waals surface area (Å²) >= 11 is 0. The highest BCUT2D eigenvalue weighted by Crippen LogP contribution is 2.43. The minimum Gasteiger partial charge on any atom is -0.457 e. The molecule has 9 nitrogen and oxygen atoms in total. The highest BCUT2D eigenvalue weighted by Gasteiger charge is 2.26. The molecular weight excluding hydrogens is 884 g/mol. The number of ether oxygens (including phenoxy) is 2. The van der Waals surface area contributed by atoms with Crippen molar-refractivity contribution in [3.8, 4) is 0 Å². The van der Waals surface area contributed by atoms with Crippen molar-refractivity contribution < 1.29 is 43.0 Å². The highest BCUT2D eigenvalue weighted by molar-refractivity contribution is 7.47. The summed E-state index contributed by atoms with van der Waals surface area (Å²) < 4.78 is 33.7. The standard InChI is InChI=1S/C59H119O9P/c1-3-5-7-9-11-13-15-17-19-21-23-24-25-26-27-28-29-30-31-32-33-34-35-37-39-41-43-45-47-49-51-59(62)68-58(56-67-69(63,64)66-54-57(61)53-60)55-65-52-50-48-46-44-42-40-38-36-22-20-18-16-14-12-10-8-6-4-2/h57-58,60-61H,3-56H2,1-2H3,(H,63,64)/t57-,58+/m0/s1. The van der Waals surface area contributed by atoms with E-state index in [2.05, 4.69) is 13.8 Å². The fourth-order valence-corrected chi connectivity index (χ4v) is 10.2. The van der Waals surface area contributed by atoms with Gasteiger partial charge in [0.1, 0.15) is 12.2 Å². The predicted molar refractivity (Wildman–Crippen MR) is 293 cm³/mol. The second-order valence-corrected chi connectivity index (χ2v) is 22.6. The van der Waals surface area contributed by atoms with Crippen LogP contribution in [0.5, 0.6) is 0 Å². The molecule has 0 fully saturated rings. The average Bonchev–Trinajstić information content (AvgIpc) is 3.34. The molecule has 0 bridgehead atoms. The molecule has 0 heterocycles. The van der Waals surface area contributed by atoms with Crippen molar-refractivity contribution in [3.63, 3.8) is 0 Å². The molecule has 10 heteroatoms. The summed E-state index contributed by atoms with van der Waals surface area (Å²) in [7, 11) is -4.52. The molecule has 0 radical (unpaired) electrons. The summed E-state index contributed by atoms with van der Waals surface area (Å²) in [6.45, 7) is 3.63. The maximum absolute atomic E-state index is 12.7. The predicted octanol–water partition coefficient (Wildman–Crippen LogP) is 18.6. The van der Waals surface area contributed by atoms with Gasteiger partial charge in [-0.3, -0.25) is 13.8 Å². The second kappa shape index (κ2) is 56.8. The van der Waals surface area contributed by atoms with E-state index >= 15 is 0 Å². The summed E-state index contributed by atoms with van der Waals surface area (Å²) in [5.41, 5.74) is 0. The lowest BCUT2D eigenvalue weighted by atomic mass is 10.0. The van der Waals surface area contributed by atoms with Crippen LogP contribution in [0.3, 0.4) is 0 Å². The lowest BCUT2D eigenvalue weighted by Gasteiger charge is -2.20. The number of phosphoric ester groups is 1. The highest BCUT2D eigenvalue weighted by atomic mass is 31.2. The molecule has 0 saturated carbocycles. The zero-order chi connectivity index (χ0) is 50.2. The van der Waals surface area contributed by atoms with Crippen LogP contribution in [0.2, 0.25) is 0 Å². The van der Waals surface area contributed by atoms with Crippen molar-refractivity contribution in [1.29, 1.82) is 0 Å². The van der Waals surface area contributed by atoms with E-state index in [-0.39, 0.29) is 25.6 Å². The topological polar surface area (TPSA) is 132 Å². The first-order valence-electron chi connectivity index (χ1n) is 30.5. The quantitative estimate of drug-likeness (QED) is 0.0310. The van der Waals surface area contributed by atoms with E-state index in [1.54, 1.807) is 0 Å². The molecule has 0 aliphatic carbocycles. The van der Waals surface area contributed by atoms with Crippen molar-refractivity contribution in [2.75, 3.05) is 33.0 Å². The summed E-state index contributed by atoms with van der Waals surface area (Å²) in [4.78, 5) is 22.8. The lowest BCUT2D eigenvalue weighted by molar-refractivity contribution is -0.154. The number of phosphoric acid groups is 1. The number of rotatable bonds is 60. The molecule has 414 valence electrons.